The monoisotopic (exact) mass is 351 g/mol. The summed E-state index contributed by atoms with van der Waals surface area (Å²) in [6.07, 6.45) is 11.9. The molecular weight excluding hydrogens is 326 g/mol. The predicted molar refractivity (Wildman–Crippen MR) is 113 cm³/mol. The van der Waals surface area contributed by atoms with Crippen LogP contribution in [0, 0.1) is 17.8 Å². The van der Waals surface area contributed by atoms with Gasteiger partial charge in [-0.3, -0.25) is 0 Å². The smallest absolute Gasteiger partial charge is 0.0351 e. The molecular formula is C26H25N. The Morgan fingerprint density at radius 2 is 1.81 bits per heavy atom. The van der Waals surface area contributed by atoms with Gasteiger partial charge in [0.2, 0.25) is 0 Å². The molecule has 2 aromatic carbocycles. The molecule has 1 nitrogen and oxygen atoms in total. The number of rotatable bonds is 2. The first-order valence-electron chi connectivity index (χ1n) is 9.84. The largest absolute Gasteiger partial charge is 0.399 e. The SMILES string of the molecule is C=C/C=C\C1Cc2ccccc2C12c1ccccc1C1=CC(N)=CC(C)C12. The quantitative estimate of drug-likeness (QED) is 0.721. The maximum absolute atomic E-state index is 6.29. The Bertz CT molecular complexity index is 1020. The highest BCUT2D eigenvalue weighted by Crippen LogP contribution is 2.64. The number of hydrogen-bond acceptors (Lipinski definition) is 1. The number of allylic oxidation sites excluding steroid dienone is 6. The third-order valence-electron chi connectivity index (χ3n) is 6.78. The van der Waals surface area contributed by atoms with Crippen molar-refractivity contribution >= 4 is 5.57 Å². The van der Waals surface area contributed by atoms with Crippen LogP contribution in [0.3, 0.4) is 0 Å². The molecule has 2 aromatic rings. The molecule has 0 aliphatic heterocycles. The molecule has 1 spiro atoms. The lowest BCUT2D eigenvalue weighted by atomic mass is 9.60. The lowest BCUT2D eigenvalue weighted by molar-refractivity contribution is 0.291. The highest BCUT2D eigenvalue weighted by atomic mass is 14.6. The maximum Gasteiger partial charge on any atom is 0.0351 e. The van der Waals surface area contributed by atoms with Crippen LogP contribution in [0.15, 0.2) is 91.2 Å². The molecule has 0 fully saturated rings. The van der Waals surface area contributed by atoms with E-state index in [-0.39, 0.29) is 5.41 Å². The fourth-order valence-electron chi connectivity index (χ4n) is 6.04. The van der Waals surface area contributed by atoms with E-state index < -0.39 is 0 Å². The van der Waals surface area contributed by atoms with Gasteiger partial charge in [-0.25, -0.2) is 0 Å². The number of fused-ring (bicyclic) bond motifs is 7. The van der Waals surface area contributed by atoms with Crippen molar-refractivity contribution in [1.29, 1.82) is 0 Å². The Morgan fingerprint density at radius 1 is 1.07 bits per heavy atom. The van der Waals surface area contributed by atoms with Gasteiger partial charge in [0.15, 0.2) is 0 Å². The highest BCUT2D eigenvalue weighted by molar-refractivity contribution is 5.84. The van der Waals surface area contributed by atoms with Crippen molar-refractivity contribution in [2.75, 3.05) is 0 Å². The van der Waals surface area contributed by atoms with Gasteiger partial charge in [-0.1, -0.05) is 86.3 Å². The second-order valence-electron chi connectivity index (χ2n) is 8.11. The average Bonchev–Trinajstić information content (AvgIpc) is 3.15. The summed E-state index contributed by atoms with van der Waals surface area (Å²) < 4.78 is 0. The summed E-state index contributed by atoms with van der Waals surface area (Å²) in [5.41, 5.74) is 14.4. The van der Waals surface area contributed by atoms with Gasteiger partial charge in [-0.05, 0) is 52.2 Å². The zero-order valence-corrected chi connectivity index (χ0v) is 15.7. The van der Waals surface area contributed by atoms with Gasteiger partial charge in [0.25, 0.3) is 0 Å². The second kappa shape index (κ2) is 5.85. The van der Waals surface area contributed by atoms with Crippen LogP contribution < -0.4 is 5.73 Å². The zero-order chi connectivity index (χ0) is 18.6. The van der Waals surface area contributed by atoms with Gasteiger partial charge in [-0.15, -0.1) is 0 Å². The van der Waals surface area contributed by atoms with Crippen LogP contribution in [-0.2, 0) is 11.8 Å². The normalized spacial score (nSPS) is 30.6. The number of nitrogens with two attached hydrogens (primary N) is 1. The van der Waals surface area contributed by atoms with Crippen LogP contribution in [0.4, 0.5) is 0 Å². The molecule has 4 atom stereocenters. The van der Waals surface area contributed by atoms with Crippen LogP contribution in [0.5, 0.6) is 0 Å². The summed E-state index contributed by atoms with van der Waals surface area (Å²) in [7, 11) is 0. The molecule has 5 rings (SSSR count). The molecule has 0 heterocycles. The van der Waals surface area contributed by atoms with E-state index in [2.05, 4.69) is 86.3 Å². The zero-order valence-electron chi connectivity index (χ0n) is 15.7. The summed E-state index contributed by atoms with van der Waals surface area (Å²) in [5.74, 6) is 1.22. The van der Waals surface area contributed by atoms with E-state index in [9.17, 15) is 0 Å². The summed E-state index contributed by atoms with van der Waals surface area (Å²) >= 11 is 0. The molecule has 0 bridgehead atoms. The Balaban J connectivity index is 1.87. The van der Waals surface area contributed by atoms with Crippen molar-refractivity contribution in [3.63, 3.8) is 0 Å². The van der Waals surface area contributed by atoms with E-state index >= 15 is 0 Å². The first-order valence-corrected chi connectivity index (χ1v) is 9.84. The van der Waals surface area contributed by atoms with Crippen LogP contribution in [0.1, 0.15) is 29.2 Å². The van der Waals surface area contributed by atoms with E-state index in [0.29, 0.717) is 17.8 Å². The maximum atomic E-state index is 6.29. The van der Waals surface area contributed by atoms with Crippen molar-refractivity contribution in [2.24, 2.45) is 23.5 Å². The molecule has 27 heavy (non-hydrogen) atoms. The first-order chi connectivity index (χ1) is 13.2. The fourth-order valence-corrected chi connectivity index (χ4v) is 6.04. The van der Waals surface area contributed by atoms with Gasteiger partial charge in [-0.2, -0.15) is 0 Å². The fraction of sp³-hybridized carbons (Fsp3) is 0.231. The van der Waals surface area contributed by atoms with Crippen LogP contribution in [-0.4, -0.2) is 0 Å². The van der Waals surface area contributed by atoms with Crippen LogP contribution >= 0.6 is 0 Å². The predicted octanol–water partition coefficient (Wildman–Crippen LogP) is 5.39. The molecule has 134 valence electrons. The molecule has 0 radical (unpaired) electrons. The van der Waals surface area contributed by atoms with Crippen LogP contribution in [0.25, 0.3) is 5.57 Å². The molecule has 4 unspecified atom stereocenters. The van der Waals surface area contributed by atoms with E-state index in [4.69, 9.17) is 5.73 Å². The van der Waals surface area contributed by atoms with Crippen molar-refractivity contribution in [1.82, 2.24) is 0 Å². The second-order valence-corrected chi connectivity index (χ2v) is 8.11. The molecule has 0 amide bonds. The standard InChI is InChI=1S/C26H25N/c1-3-4-10-19-15-18-9-5-7-12-23(18)26(19)24-13-8-6-11-21(24)22-16-20(27)14-17(2)25(22)26/h3-14,16-17,19,25H,1,15,27H2,2H3/b10-4-. The first kappa shape index (κ1) is 16.4. The van der Waals surface area contributed by atoms with E-state index in [0.717, 1.165) is 12.1 Å². The molecule has 3 aliphatic rings. The van der Waals surface area contributed by atoms with Crippen molar-refractivity contribution < 1.29 is 0 Å². The summed E-state index contributed by atoms with van der Waals surface area (Å²) in [4.78, 5) is 0. The lowest BCUT2D eigenvalue weighted by Crippen LogP contribution is -2.40. The van der Waals surface area contributed by atoms with Gasteiger partial charge in [0.05, 0.1) is 0 Å². The van der Waals surface area contributed by atoms with E-state index in [1.54, 1.807) is 0 Å². The topological polar surface area (TPSA) is 26.0 Å². The minimum atomic E-state index is -0.0326. The average molecular weight is 351 g/mol. The summed E-state index contributed by atoms with van der Waals surface area (Å²) in [6, 6.07) is 18.0. The summed E-state index contributed by atoms with van der Waals surface area (Å²) in [5, 5.41) is 0. The lowest BCUT2D eigenvalue weighted by Gasteiger charge is -2.42. The van der Waals surface area contributed by atoms with Gasteiger partial charge < -0.3 is 5.73 Å². The molecule has 0 saturated heterocycles. The van der Waals surface area contributed by atoms with Crippen molar-refractivity contribution in [2.45, 2.75) is 18.8 Å². The number of hydrogen-bond donors (Lipinski definition) is 1. The molecule has 0 aromatic heterocycles. The van der Waals surface area contributed by atoms with Gasteiger partial charge in [0.1, 0.15) is 0 Å². The Morgan fingerprint density at radius 3 is 2.63 bits per heavy atom. The van der Waals surface area contributed by atoms with Crippen LogP contribution in [0.2, 0.25) is 0 Å². The Hall–Kier alpha value is -2.80. The van der Waals surface area contributed by atoms with Crippen molar-refractivity contribution in [3.05, 3.63) is 113 Å². The van der Waals surface area contributed by atoms with E-state index in [1.807, 2.05) is 6.08 Å². The minimum Gasteiger partial charge on any atom is -0.399 e. The molecule has 3 aliphatic carbocycles. The van der Waals surface area contributed by atoms with Crippen molar-refractivity contribution in [3.8, 4) is 0 Å². The number of benzene rings is 2. The van der Waals surface area contributed by atoms with Gasteiger partial charge >= 0.3 is 0 Å². The van der Waals surface area contributed by atoms with E-state index in [1.165, 1.54) is 27.8 Å². The third kappa shape index (κ3) is 2.06. The third-order valence-corrected chi connectivity index (χ3v) is 6.78. The molecule has 1 heteroatoms. The Kier molecular flexibility index (Phi) is 3.55. The summed E-state index contributed by atoms with van der Waals surface area (Å²) in [6.45, 7) is 6.24. The molecule has 0 saturated carbocycles. The van der Waals surface area contributed by atoms with Gasteiger partial charge in [0, 0.05) is 17.0 Å². The minimum absolute atomic E-state index is 0.0326. The Labute approximate surface area is 161 Å². The highest BCUT2D eigenvalue weighted by Gasteiger charge is 2.59. The molecule has 2 N–H and O–H groups in total.